The molecule has 1 aliphatic carbocycles. The fourth-order valence-electron chi connectivity index (χ4n) is 9.90. The van der Waals surface area contributed by atoms with Crippen molar-refractivity contribution in [1.29, 1.82) is 0 Å². The van der Waals surface area contributed by atoms with Crippen LogP contribution in [0.25, 0.3) is 98.7 Å². The SMILES string of the molecule is CC1(C)c2c(-c3ccc(-c4c5ccccc5c(-c5ccc(-c6ccccc6)cc5)c5ccccc45)cc3)cccc2-c2c1c1ccccc1c1ccccc21. The molecule has 0 heterocycles. The predicted octanol–water partition coefficient (Wildman–Crippen LogP) is 15.3. The van der Waals surface area contributed by atoms with E-state index in [2.05, 4.69) is 208 Å². The number of fused-ring (bicyclic) bond motifs is 10. The molecule has 0 saturated heterocycles. The Labute approximate surface area is 322 Å². The van der Waals surface area contributed by atoms with E-state index < -0.39 is 0 Å². The van der Waals surface area contributed by atoms with E-state index in [9.17, 15) is 0 Å². The van der Waals surface area contributed by atoms with E-state index in [1.165, 1.54) is 110 Å². The minimum absolute atomic E-state index is 0.175. The molecule has 0 atom stereocenters. The predicted molar refractivity (Wildman–Crippen MR) is 236 cm³/mol. The highest BCUT2D eigenvalue weighted by Crippen LogP contribution is 2.57. The average Bonchev–Trinajstić information content (AvgIpc) is 3.50. The van der Waals surface area contributed by atoms with Gasteiger partial charge in [-0.25, -0.2) is 0 Å². The van der Waals surface area contributed by atoms with Crippen molar-refractivity contribution in [2.75, 3.05) is 0 Å². The zero-order valence-corrected chi connectivity index (χ0v) is 31.0. The molecule has 0 saturated carbocycles. The smallest absolute Gasteiger partial charge is 0.0171 e. The van der Waals surface area contributed by atoms with Gasteiger partial charge in [-0.1, -0.05) is 208 Å². The first-order chi connectivity index (χ1) is 27.1. The van der Waals surface area contributed by atoms with E-state index in [1.54, 1.807) is 0 Å². The summed E-state index contributed by atoms with van der Waals surface area (Å²) in [5.74, 6) is 0. The zero-order chi connectivity index (χ0) is 36.7. The summed E-state index contributed by atoms with van der Waals surface area (Å²) >= 11 is 0. The molecule has 0 unspecified atom stereocenters. The van der Waals surface area contributed by atoms with Crippen molar-refractivity contribution < 1.29 is 0 Å². The fraction of sp³-hybridized carbons (Fsp3) is 0.0545. The molecule has 0 fully saturated rings. The molecule has 0 aliphatic heterocycles. The second kappa shape index (κ2) is 12.1. The van der Waals surface area contributed by atoms with Gasteiger partial charge in [0.15, 0.2) is 0 Å². The second-order valence-electron chi connectivity index (χ2n) is 15.6. The molecule has 0 nitrogen and oxygen atoms in total. The van der Waals surface area contributed by atoms with Crippen LogP contribution < -0.4 is 0 Å². The molecule has 10 aromatic rings. The Morgan fingerprint density at radius 1 is 0.236 bits per heavy atom. The Balaban J connectivity index is 1.06. The molecule has 0 aromatic heterocycles. The standard InChI is InChI=1S/C55H38/c1-55(2)53-40(25-14-26-49(53)52-43-19-8-6-17-41(43)42-18-7-13-24-48(42)54(52)55)37-29-33-39(34-30-37)51-46-22-11-9-20-44(46)50(45-21-10-12-23-47(45)51)38-31-27-36(28-32-38)35-15-4-3-5-16-35/h3-34H,1-2H3. The van der Waals surface area contributed by atoms with Crippen molar-refractivity contribution in [3.8, 4) is 55.6 Å². The van der Waals surface area contributed by atoms with E-state index in [0.29, 0.717) is 0 Å². The van der Waals surface area contributed by atoms with Crippen LogP contribution in [-0.2, 0) is 5.41 Å². The lowest BCUT2D eigenvalue weighted by molar-refractivity contribution is 0.668. The summed E-state index contributed by atoms with van der Waals surface area (Å²) < 4.78 is 0. The van der Waals surface area contributed by atoms with Crippen molar-refractivity contribution in [2.24, 2.45) is 0 Å². The molecular formula is C55H38. The molecule has 1 aliphatic rings. The molecule has 0 radical (unpaired) electrons. The molecule has 11 rings (SSSR count). The van der Waals surface area contributed by atoms with Crippen molar-refractivity contribution >= 4 is 43.1 Å². The van der Waals surface area contributed by atoms with Crippen LogP contribution in [0.4, 0.5) is 0 Å². The summed E-state index contributed by atoms with van der Waals surface area (Å²) in [5.41, 5.74) is 15.5. The number of hydrogen-bond acceptors (Lipinski definition) is 0. The summed E-state index contributed by atoms with van der Waals surface area (Å²) in [6, 6.07) is 71.8. The van der Waals surface area contributed by atoms with Gasteiger partial charge in [-0.05, 0) is 110 Å². The quantitative estimate of drug-likeness (QED) is 0.127. The Hall–Kier alpha value is -6.76. The topological polar surface area (TPSA) is 0 Å². The molecule has 0 bridgehead atoms. The minimum Gasteiger partial charge on any atom is -0.0622 e. The maximum absolute atomic E-state index is 2.42. The zero-order valence-electron chi connectivity index (χ0n) is 31.0. The Morgan fingerprint density at radius 2 is 0.600 bits per heavy atom. The van der Waals surface area contributed by atoms with Gasteiger partial charge in [-0.2, -0.15) is 0 Å². The lowest BCUT2D eigenvalue weighted by Gasteiger charge is -2.26. The van der Waals surface area contributed by atoms with Crippen molar-refractivity contribution in [3.05, 3.63) is 205 Å². The van der Waals surface area contributed by atoms with E-state index in [-0.39, 0.29) is 5.41 Å². The Kier molecular flexibility index (Phi) is 7.00. The first-order valence-electron chi connectivity index (χ1n) is 19.4. The summed E-state index contributed by atoms with van der Waals surface area (Å²) in [5, 5.41) is 10.4. The van der Waals surface area contributed by atoms with Gasteiger partial charge < -0.3 is 0 Å². The number of benzene rings is 10. The van der Waals surface area contributed by atoms with E-state index >= 15 is 0 Å². The van der Waals surface area contributed by atoms with Crippen molar-refractivity contribution in [3.63, 3.8) is 0 Å². The minimum atomic E-state index is -0.175. The summed E-state index contributed by atoms with van der Waals surface area (Å²) in [4.78, 5) is 0. The normalized spacial score (nSPS) is 13.1. The van der Waals surface area contributed by atoms with Crippen LogP contribution in [0.2, 0.25) is 0 Å². The molecule has 258 valence electrons. The summed E-state index contributed by atoms with van der Waals surface area (Å²) in [6.07, 6.45) is 0. The molecule has 55 heavy (non-hydrogen) atoms. The van der Waals surface area contributed by atoms with Gasteiger partial charge in [-0.15, -0.1) is 0 Å². The lowest BCUT2D eigenvalue weighted by atomic mass is 9.76. The van der Waals surface area contributed by atoms with Gasteiger partial charge >= 0.3 is 0 Å². The van der Waals surface area contributed by atoms with Gasteiger partial charge in [0, 0.05) is 5.41 Å². The second-order valence-corrected chi connectivity index (χ2v) is 15.6. The van der Waals surface area contributed by atoms with Crippen LogP contribution in [0.5, 0.6) is 0 Å². The third kappa shape index (κ3) is 4.71. The molecule has 0 amide bonds. The summed E-state index contributed by atoms with van der Waals surface area (Å²) in [7, 11) is 0. The van der Waals surface area contributed by atoms with Crippen LogP contribution in [-0.4, -0.2) is 0 Å². The number of hydrogen-bond donors (Lipinski definition) is 0. The van der Waals surface area contributed by atoms with Gasteiger partial charge in [0.05, 0.1) is 0 Å². The van der Waals surface area contributed by atoms with E-state index in [4.69, 9.17) is 0 Å². The Morgan fingerprint density at radius 3 is 1.13 bits per heavy atom. The van der Waals surface area contributed by atoms with Gasteiger partial charge in [0.2, 0.25) is 0 Å². The van der Waals surface area contributed by atoms with Crippen LogP contribution in [0.3, 0.4) is 0 Å². The average molecular weight is 699 g/mol. The van der Waals surface area contributed by atoms with Crippen molar-refractivity contribution in [2.45, 2.75) is 19.3 Å². The van der Waals surface area contributed by atoms with Gasteiger partial charge in [-0.3, -0.25) is 0 Å². The largest absolute Gasteiger partial charge is 0.0622 e. The van der Waals surface area contributed by atoms with Gasteiger partial charge in [0.1, 0.15) is 0 Å². The molecule has 0 heteroatoms. The van der Waals surface area contributed by atoms with Crippen LogP contribution in [0, 0.1) is 0 Å². The highest BCUT2D eigenvalue weighted by atomic mass is 14.4. The monoisotopic (exact) mass is 698 g/mol. The third-order valence-electron chi connectivity index (χ3n) is 12.2. The lowest BCUT2D eigenvalue weighted by Crippen LogP contribution is -2.17. The maximum Gasteiger partial charge on any atom is 0.0171 e. The van der Waals surface area contributed by atoms with E-state index in [1.807, 2.05) is 0 Å². The van der Waals surface area contributed by atoms with Crippen LogP contribution in [0.1, 0.15) is 25.0 Å². The summed E-state index contributed by atoms with van der Waals surface area (Å²) in [6.45, 7) is 4.84. The number of rotatable bonds is 4. The van der Waals surface area contributed by atoms with Crippen molar-refractivity contribution in [1.82, 2.24) is 0 Å². The highest BCUT2D eigenvalue weighted by Gasteiger charge is 2.40. The first-order valence-corrected chi connectivity index (χ1v) is 19.4. The molecule has 10 aromatic carbocycles. The van der Waals surface area contributed by atoms with E-state index in [0.717, 1.165) is 0 Å². The fourth-order valence-corrected chi connectivity index (χ4v) is 9.90. The molecule has 0 N–H and O–H groups in total. The molecular weight excluding hydrogens is 661 g/mol. The van der Waals surface area contributed by atoms with Crippen LogP contribution >= 0.6 is 0 Å². The third-order valence-corrected chi connectivity index (χ3v) is 12.2. The molecule has 0 spiro atoms. The first kappa shape index (κ1) is 31.7. The maximum atomic E-state index is 2.42. The highest BCUT2D eigenvalue weighted by molar-refractivity contribution is 6.22. The Bertz CT molecular complexity index is 3070. The van der Waals surface area contributed by atoms with Crippen LogP contribution in [0.15, 0.2) is 194 Å². The van der Waals surface area contributed by atoms with Gasteiger partial charge in [0.25, 0.3) is 0 Å².